The highest BCUT2D eigenvalue weighted by Crippen LogP contribution is 2.35. The minimum atomic E-state index is -0.515. The summed E-state index contributed by atoms with van der Waals surface area (Å²) in [5.74, 6) is -0.470. The molecule has 22 heavy (non-hydrogen) atoms. The number of nitrogens with zero attached hydrogens (tertiary/aromatic N) is 1. The predicted octanol–water partition coefficient (Wildman–Crippen LogP) is 2.62. The summed E-state index contributed by atoms with van der Waals surface area (Å²) in [5.41, 5.74) is 6.38. The molecule has 1 aliphatic rings. The third kappa shape index (κ3) is 3.65. The Bertz CT molecular complexity index is 514. The Kier molecular flexibility index (Phi) is 4.87. The zero-order chi connectivity index (χ0) is 16.4. The van der Waals surface area contributed by atoms with Crippen molar-refractivity contribution in [2.45, 2.75) is 39.0 Å². The van der Waals surface area contributed by atoms with Crippen molar-refractivity contribution in [2.24, 2.45) is 11.1 Å². The average Bonchev–Trinajstić information content (AvgIpc) is 2.48. The molecule has 0 atom stereocenters. The number of carbonyl (C=O) groups excluding carboxylic acids is 1. The highest BCUT2D eigenvalue weighted by atomic mass is 19.1. The molecule has 0 radical (unpaired) electrons. The van der Waals surface area contributed by atoms with E-state index in [1.807, 2.05) is 20.8 Å². The van der Waals surface area contributed by atoms with Crippen LogP contribution in [0.25, 0.3) is 0 Å². The van der Waals surface area contributed by atoms with E-state index in [-0.39, 0.29) is 17.2 Å². The molecule has 1 saturated heterocycles. The van der Waals surface area contributed by atoms with Crippen LogP contribution in [-0.2, 0) is 15.0 Å². The van der Waals surface area contributed by atoms with E-state index in [1.165, 1.54) is 12.1 Å². The third-order valence-electron chi connectivity index (χ3n) is 4.35. The second-order valence-corrected chi connectivity index (χ2v) is 7.05. The fourth-order valence-corrected chi connectivity index (χ4v) is 2.67. The van der Waals surface area contributed by atoms with Crippen molar-refractivity contribution in [1.82, 2.24) is 5.06 Å². The van der Waals surface area contributed by atoms with Crippen LogP contribution in [0.4, 0.5) is 4.39 Å². The van der Waals surface area contributed by atoms with E-state index in [0.717, 1.165) is 18.4 Å². The Hall–Kier alpha value is -1.46. The Labute approximate surface area is 131 Å². The molecule has 1 aliphatic heterocycles. The van der Waals surface area contributed by atoms with Gasteiger partial charge in [0.05, 0.1) is 5.41 Å². The average molecular weight is 308 g/mol. The van der Waals surface area contributed by atoms with Gasteiger partial charge in [-0.2, -0.15) is 0 Å². The number of hydrogen-bond acceptors (Lipinski definition) is 4. The standard InChI is InChI=1S/C17H25FN2O2/c1-16(2,3)15(21)22-20-10-8-17(12-19,9-11-20)13-4-6-14(18)7-5-13/h4-7H,8-12,19H2,1-3H3. The highest BCUT2D eigenvalue weighted by Gasteiger charge is 2.37. The molecule has 1 fully saturated rings. The van der Waals surface area contributed by atoms with Crippen molar-refractivity contribution in [3.63, 3.8) is 0 Å². The lowest BCUT2D eigenvalue weighted by Crippen LogP contribution is -2.48. The Morgan fingerprint density at radius 1 is 1.27 bits per heavy atom. The van der Waals surface area contributed by atoms with E-state index in [2.05, 4.69) is 0 Å². The van der Waals surface area contributed by atoms with E-state index in [9.17, 15) is 9.18 Å². The molecule has 122 valence electrons. The van der Waals surface area contributed by atoms with Gasteiger partial charge in [0.25, 0.3) is 0 Å². The van der Waals surface area contributed by atoms with Crippen LogP contribution in [0.15, 0.2) is 24.3 Å². The van der Waals surface area contributed by atoms with Crippen molar-refractivity contribution in [3.05, 3.63) is 35.6 Å². The number of hydroxylamine groups is 2. The smallest absolute Gasteiger partial charge is 0.330 e. The summed E-state index contributed by atoms with van der Waals surface area (Å²) in [7, 11) is 0. The highest BCUT2D eigenvalue weighted by molar-refractivity contribution is 5.75. The summed E-state index contributed by atoms with van der Waals surface area (Å²) >= 11 is 0. The van der Waals surface area contributed by atoms with Crippen LogP contribution in [0.3, 0.4) is 0 Å². The summed E-state index contributed by atoms with van der Waals surface area (Å²) in [5, 5.41) is 1.71. The zero-order valence-corrected chi connectivity index (χ0v) is 13.6. The van der Waals surface area contributed by atoms with Crippen molar-refractivity contribution >= 4 is 5.97 Å². The van der Waals surface area contributed by atoms with E-state index in [1.54, 1.807) is 17.2 Å². The van der Waals surface area contributed by atoms with Crippen molar-refractivity contribution < 1.29 is 14.0 Å². The molecular formula is C17H25FN2O2. The van der Waals surface area contributed by atoms with Gasteiger partial charge >= 0.3 is 5.97 Å². The van der Waals surface area contributed by atoms with Gasteiger partial charge in [0.2, 0.25) is 0 Å². The quantitative estimate of drug-likeness (QED) is 0.932. The molecule has 0 aliphatic carbocycles. The number of benzene rings is 1. The second-order valence-electron chi connectivity index (χ2n) is 7.05. The molecule has 4 nitrogen and oxygen atoms in total. The molecule has 1 heterocycles. The molecule has 0 aromatic heterocycles. The number of hydrogen-bond donors (Lipinski definition) is 1. The number of halogens is 1. The summed E-state index contributed by atoms with van der Waals surface area (Å²) < 4.78 is 13.1. The van der Waals surface area contributed by atoms with Gasteiger partial charge in [0.1, 0.15) is 5.82 Å². The van der Waals surface area contributed by atoms with Gasteiger partial charge in [-0.05, 0) is 51.3 Å². The maximum atomic E-state index is 13.1. The monoisotopic (exact) mass is 308 g/mol. The van der Waals surface area contributed by atoms with Gasteiger partial charge in [-0.25, -0.2) is 9.18 Å². The van der Waals surface area contributed by atoms with Crippen LogP contribution in [-0.4, -0.2) is 30.7 Å². The topological polar surface area (TPSA) is 55.6 Å². The molecule has 0 spiro atoms. The fraction of sp³-hybridized carbons (Fsp3) is 0.588. The predicted molar refractivity (Wildman–Crippen MR) is 83.5 cm³/mol. The Balaban J connectivity index is 2.02. The summed E-state index contributed by atoms with van der Waals surface area (Å²) in [6.45, 7) is 7.28. The Morgan fingerprint density at radius 2 is 1.82 bits per heavy atom. The molecule has 0 unspecified atom stereocenters. The van der Waals surface area contributed by atoms with Crippen LogP contribution >= 0.6 is 0 Å². The maximum absolute atomic E-state index is 13.1. The van der Waals surface area contributed by atoms with Gasteiger partial charge in [0.15, 0.2) is 0 Å². The minimum Gasteiger partial charge on any atom is -0.367 e. The maximum Gasteiger partial charge on any atom is 0.330 e. The molecule has 2 rings (SSSR count). The van der Waals surface area contributed by atoms with Crippen LogP contribution in [0.1, 0.15) is 39.2 Å². The third-order valence-corrected chi connectivity index (χ3v) is 4.35. The van der Waals surface area contributed by atoms with E-state index in [0.29, 0.717) is 19.6 Å². The first-order valence-corrected chi connectivity index (χ1v) is 7.70. The molecule has 2 N–H and O–H groups in total. The first-order valence-electron chi connectivity index (χ1n) is 7.70. The summed E-state index contributed by atoms with van der Waals surface area (Å²) in [6, 6.07) is 6.55. The minimum absolute atomic E-state index is 0.168. The summed E-state index contributed by atoms with van der Waals surface area (Å²) in [6.07, 6.45) is 1.57. The van der Waals surface area contributed by atoms with Gasteiger partial charge in [-0.1, -0.05) is 12.1 Å². The summed E-state index contributed by atoms with van der Waals surface area (Å²) in [4.78, 5) is 17.4. The van der Waals surface area contributed by atoms with E-state index in [4.69, 9.17) is 10.6 Å². The molecule has 0 amide bonds. The zero-order valence-electron chi connectivity index (χ0n) is 13.6. The SMILES string of the molecule is CC(C)(C)C(=O)ON1CCC(CN)(c2ccc(F)cc2)CC1. The van der Waals surface area contributed by atoms with Crippen molar-refractivity contribution in [1.29, 1.82) is 0 Å². The normalized spacial score (nSPS) is 19.0. The lowest BCUT2D eigenvalue weighted by atomic mass is 9.73. The first-order chi connectivity index (χ1) is 10.3. The van der Waals surface area contributed by atoms with Crippen LogP contribution in [0, 0.1) is 11.2 Å². The molecule has 0 bridgehead atoms. The lowest BCUT2D eigenvalue weighted by Gasteiger charge is -2.41. The lowest BCUT2D eigenvalue weighted by molar-refractivity contribution is -0.206. The molecule has 1 aromatic carbocycles. The van der Waals surface area contributed by atoms with Crippen molar-refractivity contribution in [3.8, 4) is 0 Å². The van der Waals surface area contributed by atoms with E-state index < -0.39 is 5.41 Å². The van der Waals surface area contributed by atoms with Crippen LogP contribution in [0.2, 0.25) is 0 Å². The Morgan fingerprint density at radius 3 is 2.27 bits per heavy atom. The number of carbonyl (C=O) groups is 1. The van der Waals surface area contributed by atoms with Crippen LogP contribution < -0.4 is 5.73 Å². The number of nitrogens with two attached hydrogens (primary N) is 1. The van der Waals surface area contributed by atoms with Gasteiger partial charge in [-0.15, -0.1) is 5.06 Å². The molecule has 5 heteroatoms. The molecule has 1 aromatic rings. The van der Waals surface area contributed by atoms with Gasteiger partial charge in [-0.3, -0.25) is 0 Å². The van der Waals surface area contributed by atoms with Gasteiger partial charge < -0.3 is 10.6 Å². The van der Waals surface area contributed by atoms with Gasteiger partial charge in [0, 0.05) is 25.0 Å². The van der Waals surface area contributed by atoms with Crippen LogP contribution in [0.5, 0.6) is 0 Å². The second kappa shape index (κ2) is 6.34. The first kappa shape index (κ1) is 16.9. The van der Waals surface area contributed by atoms with E-state index >= 15 is 0 Å². The number of piperidine rings is 1. The largest absolute Gasteiger partial charge is 0.367 e. The van der Waals surface area contributed by atoms with Crippen molar-refractivity contribution in [2.75, 3.05) is 19.6 Å². The number of rotatable bonds is 3. The molecule has 0 saturated carbocycles. The molecular weight excluding hydrogens is 283 g/mol. The fourth-order valence-electron chi connectivity index (χ4n) is 2.67.